The Hall–Kier alpha value is -3.47. The summed E-state index contributed by atoms with van der Waals surface area (Å²) in [6.45, 7) is 10.5. The Morgan fingerprint density at radius 2 is 1.95 bits per heavy atom. The average molecular weight is 587 g/mol. The molecule has 1 spiro atoms. The van der Waals surface area contributed by atoms with Gasteiger partial charge in [-0.3, -0.25) is 18.9 Å². The van der Waals surface area contributed by atoms with Gasteiger partial charge in [0.2, 0.25) is 5.92 Å². The van der Waals surface area contributed by atoms with Gasteiger partial charge in [-0.2, -0.15) is 5.10 Å². The molecule has 5 rings (SSSR count). The molecule has 2 aromatic heterocycles. The van der Waals surface area contributed by atoms with Crippen LogP contribution >= 0.6 is 0 Å². The third-order valence-electron chi connectivity index (χ3n) is 8.30. The Labute approximate surface area is 244 Å². The number of likely N-dealkylation sites (tertiary alicyclic amines) is 1. The first-order chi connectivity index (χ1) is 19.7. The highest BCUT2D eigenvalue weighted by molar-refractivity contribution is 5.95. The first-order valence-electron chi connectivity index (χ1n) is 14.4. The van der Waals surface area contributed by atoms with Crippen LogP contribution in [0.1, 0.15) is 76.1 Å². The molecule has 9 nitrogen and oxygen atoms in total. The summed E-state index contributed by atoms with van der Waals surface area (Å²) in [4.78, 5) is 27.4. The van der Waals surface area contributed by atoms with Crippen LogP contribution < -0.4 is 4.74 Å². The van der Waals surface area contributed by atoms with Gasteiger partial charge in [-0.15, -0.1) is 0 Å². The van der Waals surface area contributed by atoms with Crippen LogP contribution in [0.2, 0.25) is 0 Å². The predicted molar refractivity (Wildman–Crippen MR) is 153 cm³/mol. The fourth-order valence-electron chi connectivity index (χ4n) is 6.61. The molecule has 0 unspecified atom stereocenters. The lowest BCUT2D eigenvalue weighted by Crippen LogP contribution is -2.53. The summed E-state index contributed by atoms with van der Waals surface area (Å²) in [7, 11) is 1.62. The van der Waals surface area contributed by atoms with Gasteiger partial charge in [-0.25, -0.2) is 13.6 Å². The average Bonchev–Trinajstić information content (AvgIpc) is 3.52. The molecule has 3 aromatic rings. The number of aryl methyl sites for hydroxylation is 1. The number of carbonyl (C=O) groups is 2. The molecule has 3 heterocycles. The van der Waals surface area contributed by atoms with Crippen molar-refractivity contribution in [1.29, 1.82) is 0 Å². The van der Waals surface area contributed by atoms with E-state index >= 15 is 0 Å². The van der Waals surface area contributed by atoms with Crippen molar-refractivity contribution in [3.8, 4) is 5.75 Å². The highest BCUT2D eigenvalue weighted by Crippen LogP contribution is 2.60. The van der Waals surface area contributed by atoms with Crippen LogP contribution in [0, 0.1) is 12.3 Å². The number of ether oxygens (including phenoxy) is 3. The first kappa shape index (κ1) is 30.0. The summed E-state index contributed by atoms with van der Waals surface area (Å²) in [6.07, 6.45) is 5.77. The first-order valence-corrected chi connectivity index (χ1v) is 14.4. The quantitative estimate of drug-likeness (QED) is 0.302. The van der Waals surface area contributed by atoms with E-state index in [-0.39, 0.29) is 38.0 Å². The minimum atomic E-state index is -2.63. The topological polar surface area (TPSA) is 87.8 Å². The van der Waals surface area contributed by atoms with Crippen molar-refractivity contribution in [1.82, 2.24) is 19.2 Å². The Balaban J connectivity index is 1.49. The summed E-state index contributed by atoms with van der Waals surface area (Å²) < 4.78 is 47.8. The van der Waals surface area contributed by atoms with Crippen LogP contribution in [0.25, 0.3) is 10.9 Å². The summed E-state index contributed by atoms with van der Waals surface area (Å²) in [5, 5.41) is 5.25. The molecule has 1 aromatic carbocycles. The van der Waals surface area contributed by atoms with Gasteiger partial charge in [0.15, 0.2) is 0 Å². The molecule has 1 saturated heterocycles. The number of carbonyl (C=O) groups excluding carboxylic acids is 2. The zero-order valence-electron chi connectivity index (χ0n) is 25.2. The zero-order chi connectivity index (χ0) is 30.4. The third kappa shape index (κ3) is 6.02. The molecule has 228 valence electrons. The normalized spacial score (nSPS) is 20.0. The number of nitrogens with zero attached hydrogens (tertiary/aromatic N) is 4. The van der Waals surface area contributed by atoms with Crippen molar-refractivity contribution in [3.63, 3.8) is 0 Å². The molecule has 11 heteroatoms. The number of halogens is 2. The highest BCUT2D eigenvalue weighted by atomic mass is 19.3. The van der Waals surface area contributed by atoms with Gasteiger partial charge in [0.1, 0.15) is 17.9 Å². The molecule has 1 atom stereocenters. The summed E-state index contributed by atoms with van der Waals surface area (Å²) >= 11 is 0. The van der Waals surface area contributed by atoms with Crippen LogP contribution in [-0.2, 0) is 27.4 Å². The Kier molecular flexibility index (Phi) is 7.85. The van der Waals surface area contributed by atoms with E-state index in [4.69, 9.17) is 14.2 Å². The SMILES string of the molecule is CCOC(=O)Cn1cc([C@@H]2CC3(CCN2Cc2c(OC)cc(C)c4c2ccn4C(=O)OC(C)(C)C)CC(F)(F)C3)cn1. The van der Waals surface area contributed by atoms with E-state index in [1.807, 2.05) is 46.0 Å². The van der Waals surface area contributed by atoms with Crippen molar-refractivity contribution in [2.75, 3.05) is 20.3 Å². The minimum absolute atomic E-state index is 0.0195. The summed E-state index contributed by atoms with van der Waals surface area (Å²) in [5.74, 6) is -2.32. The van der Waals surface area contributed by atoms with E-state index in [1.165, 1.54) is 9.25 Å². The smallest absolute Gasteiger partial charge is 0.419 e. The number of fused-ring (bicyclic) bond motifs is 1. The van der Waals surface area contributed by atoms with E-state index in [9.17, 15) is 18.4 Å². The molecular weight excluding hydrogens is 546 g/mol. The fraction of sp³-hybridized carbons (Fsp3) is 0.581. The van der Waals surface area contributed by atoms with Gasteiger partial charge < -0.3 is 14.2 Å². The number of piperidine rings is 1. The molecule has 1 aliphatic carbocycles. The molecule has 0 bridgehead atoms. The second-order valence-electron chi connectivity index (χ2n) is 12.7. The van der Waals surface area contributed by atoms with Gasteiger partial charge >= 0.3 is 12.1 Å². The van der Waals surface area contributed by atoms with Crippen molar-refractivity contribution in [3.05, 3.63) is 47.4 Å². The van der Waals surface area contributed by atoms with E-state index in [2.05, 4.69) is 10.00 Å². The number of rotatable bonds is 7. The monoisotopic (exact) mass is 586 g/mol. The molecule has 0 radical (unpaired) electrons. The van der Waals surface area contributed by atoms with Gasteiger partial charge in [0.05, 0.1) is 25.4 Å². The van der Waals surface area contributed by atoms with Crippen molar-refractivity contribution in [2.45, 2.75) is 91.0 Å². The maximum atomic E-state index is 14.1. The Morgan fingerprint density at radius 3 is 2.60 bits per heavy atom. The summed E-state index contributed by atoms with van der Waals surface area (Å²) in [6, 6.07) is 3.62. The third-order valence-corrected chi connectivity index (χ3v) is 8.30. The van der Waals surface area contributed by atoms with Gasteiger partial charge in [-0.05, 0) is 77.1 Å². The Bertz CT molecular complexity index is 1480. The maximum absolute atomic E-state index is 14.1. The van der Waals surface area contributed by atoms with Gasteiger partial charge in [0, 0.05) is 54.3 Å². The van der Waals surface area contributed by atoms with Crippen molar-refractivity contribution >= 4 is 23.0 Å². The molecule has 42 heavy (non-hydrogen) atoms. The maximum Gasteiger partial charge on any atom is 0.419 e. The number of esters is 1. The van der Waals surface area contributed by atoms with E-state index in [0.29, 0.717) is 31.7 Å². The summed E-state index contributed by atoms with van der Waals surface area (Å²) in [5.41, 5.74) is 2.30. The molecule has 0 N–H and O–H groups in total. The van der Waals surface area contributed by atoms with E-state index < -0.39 is 23.0 Å². The standard InChI is InChI=1S/C31H40F2N4O5/c1-7-41-26(38)17-36-15-21(14-34-36)24-13-30(18-31(32,33)19-30)9-11-35(24)16-23-22-8-10-37(28(39)42-29(3,4)5)27(22)20(2)12-25(23)40-6/h8,10,12,14-15,24H,7,9,11,13,16-19H2,1-6H3/t24-/m0/s1. The van der Waals surface area contributed by atoms with Crippen LogP contribution in [0.15, 0.2) is 30.7 Å². The van der Waals surface area contributed by atoms with Crippen LogP contribution in [0.5, 0.6) is 5.75 Å². The zero-order valence-corrected chi connectivity index (χ0v) is 25.2. The number of aromatic nitrogens is 3. The van der Waals surface area contributed by atoms with Gasteiger partial charge in [0.25, 0.3) is 0 Å². The Morgan fingerprint density at radius 1 is 1.21 bits per heavy atom. The van der Waals surface area contributed by atoms with Crippen LogP contribution in [-0.4, -0.2) is 63.1 Å². The van der Waals surface area contributed by atoms with E-state index in [0.717, 1.165) is 27.6 Å². The molecule has 2 aliphatic rings. The molecule has 0 amide bonds. The van der Waals surface area contributed by atoms with Crippen LogP contribution in [0.4, 0.5) is 13.6 Å². The predicted octanol–water partition coefficient (Wildman–Crippen LogP) is 6.25. The number of alkyl halides is 2. The number of hydrogen-bond donors (Lipinski definition) is 0. The lowest BCUT2D eigenvalue weighted by molar-refractivity contribution is -0.186. The number of methoxy groups -OCH3 is 1. The van der Waals surface area contributed by atoms with Gasteiger partial charge in [-0.1, -0.05) is 0 Å². The van der Waals surface area contributed by atoms with Crippen molar-refractivity contribution in [2.24, 2.45) is 5.41 Å². The van der Waals surface area contributed by atoms with E-state index in [1.54, 1.807) is 26.4 Å². The molecule has 1 aliphatic heterocycles. The minimum Gasteiger partial charge on any atom is -0.496 e. The molecular formula is C31H40F2N4O5. The number of benzene rings is 1. The second kappa shape index (κ2) is 11.0. The van der Waals surface area contributed by atoms with Crippen LogP contribution in [0.3, 0.4) is 0 Å². The lowest BCUT2D eigenvalue weighted by atomic mass is 9.59. The fourth-order valence-corrected chi connectivity index (χ4v) is 6.61. The lowest BCUT2D eigenvalue weighted by Gasteiger charge is -2.54. The van der Waals surface area contributed by atoms with Crippen molar-refractivity contribution < 1.29 is 32.6 Å². The highest BCUT2D eigenvalue weighted by Gasteiger charge is 2.58. The second-order valence-corrected chi connectivity index (χ2v) is 12.7. The molecule has 2 fully saturated rings. The number of hydrogen-bond acceptors (Lipinski definition) is 7. The largest absolute Gasteiger partial charge is 0.496 e. The molecule has 1 saturated carbocycles.